The normalized spacial score (nSPS) is 10.5. The number of hydrogen-bond acceptors (Lipinski definition) is 6. The number of hydrogen-bond donors (Lipinski definition) is 1. The van der Waals surface area contributed by atoms with E-state index in [9.17, 15) is 5.26 Å². The second kappa shape index (κ2) is 8.55. The van der Waals surface area contributed by atoms with Gasteiger partial charge in [-0.2, -0.15) is 10.2 Å². The third-order valence-electron chi connectivity index (χ3n) is 4.19. The summed E-state index contributed by atoms with van der Waals surface area (Å²) >= 11 is 6.15. The minimum atomic E-state index is 0.186. The molecule has 2 heterocycles. The fourth-order valence-corrected chi connectivity index (χ4v) is 2.88. The van der Waals surface area contributed by atoms with Gasteiger partial charge in [-0.05, 0) is 42.5 Å². The van der Waals surface area contributed by atoms with Crippen molar-refractivity contribution >= 4 is 17.5 Å². The molecule has 0 bridgehead atoms. The Morgan fingerprint density at radius 2 is 1.90 bits per heavy atom. The average Bonchev–Trinajstić information content (AvgIpc) is 3.41. The van der Waals surface area contributed by atoms with Gasteiger partial charge in [-0.3, -0.25) is 0 Å². The number of nitrogens with zero attached hydrogens (tertiary/aromatic N) is 2. The van der Waals surface area contributed by atoms with E-state index in [0.29, 0.717) is 35.7 Å². The molecule has 0 aliphatic heterocycles. The van der Waals surface area contributed by atoms with Gasteiger partial charge in [-0.1, -0.05) is 29.8 Å². The van der Waals surface area contributed by atoms with Crippen LogP contribution < -0.4 is 10.1 Å². The van der Waals surface area contributed by atoms with Crippen LogP contribution in [0, 0.1) is 11.3 Å². The lowest BCUT2D eigenvalue weighted by molar-refractivity contribution is 0.306. The van der Waals surface area contributed by atoms with Crippen molar-refractivity contribution in [1.82, 2.24) is 4.98 Å². The number of rotatable bonds is 7. The summed E-state index contributed by atoms with van der Waals surface area (Å²) in [6.45, 7) is 0.766. The lowest BCUT2D eigenvalue weighted by Gasteiger charge is -2.08. The highest BCUT2D eigenvalue weighted by Crippen LogP contribution is 2.27. The molecule has 0 saturated heterocycles. The summed E-state index contributed by atoms with van der Waals surface area (Å²) in [5.74, 6) is 2.07. The first kappa shape index (κ1) is 18.7. The lowest BCUT2D eigenvalue weighted by Crippen LogP contribution is -1.98. The van der Waals surface area contributed by atoms with Crippen molar-refractivity contribution in [1.29, 1.82) is 5.26 Å². The number of aromatic nitrogens is 1. The van der Waals surface area contributed by atoms with E-state index in [-0.39, 0.29) is 5.69 Å². The molecule has 2 aromatic heterocycles. The summed E-state index contributed by atoms with van der Waals surface area (Å²) in [7, 11) is 0. The molecule has 0 unspecified atom stereocenters. The lowest BCUT2D eigenvalue weighted by atomic mass is 10.2. The van der Waals surface area contributed by atoms with Crippen molar-refractivity contribution in [2.75, 3.05) is 5.32 Å². The summed E-state index contributed by atoms with van der Waals surface area (Å²) in [5.41, 5.74) is 1.83. The zero-order valence-corrected chi connectivity index (χ0v) is 16.0. The van der Waals surface area contributed by atoms with Crippen molar-refractivity contribution in [3.05, 3.63) is 89.0 Å². The largest absolute Gasteiger partial charge is 0.489 e. The standard InChI is InChI=1S/C22H16ClN3O3/c23-19-6-2-1-4-16(19)14-28-17-9-7-15(8-10-17)21-26-20(12-24)22(29-21)25-13-18-5-3-11-27-18/h1-11,25H,13-14H2. The molecule has 6 nitrogen and oxygen atoms in total. The van der Waals surface area contributed by atoms with Crippen LogP contribution in [-0.2, 0) is 13.2 Å². The molecular formula is C22H16ClN3O3. The summed E-state index contributed by atoms with van der Waals surface area (Å²) in [6, 6.07) is 20.5. The van der Waals surface area contributed by atoms with Crippen LogP contribution >= 0.6 is 11.6 Å². The fourth-order valence-electron chi connectivity index (χ4n) is 2.69. The molecule has 0 saturated carbocycles. The Kier molecular flexibility index (Phi) is 5.50. The molecule has 4 aromatic rings. The predicted molar refractivity (Wildman–Crippen MR) is 108 cm³/mol. The molecule has 7 heteroatoms. The minimum Gasteiger partial charge on any atom is -0.489 e. The van der Waals surface area contributed by atoms with E-state index in [1.54, 1.807) is 12.3 Å². The Labute approximate surface area is 172 Å². The summed E-state index contributed by atoms with van der Waals surface area (Å²) < 4.78 is 16.8. The van der Waals surface area contributed by atoms with Gasteiger partial charge in [0.25, 0.3) is 0 Å². The maximum atomic E-state index is 9.31. The minimum absolute atomic E-state index is 0.186. The Balaban J connectivity index is 1.44. The summed E-state index contributed by atoms with van der Waals surface area (Å²) in [4.78, 5) is 4.25. The van der Waals surface area contributed by atoms with E-state index in [1.165, 1.54) is 0 Å². The number of nitrogens with one attached hydrogen (secondary N) is 1. The highest BCUT2D eigenvalue weighted by atomic mass is 35.5. The van der Waals surface area contributed by atoms with Crippen LogP contribution in [0.25, 0.3) is 11.5 Å². The molecule has 0 aliphatic rings. The summed E-state index contributed by atoms with van der Waals surface area (Å²) in [6.07, 6.45) is 1.59. The van der Waals surface area contributed by atoms with E-state index in [1.807, 2.05) is 60.7 Å². The van der Waals surface area contributed by atoms with Crippen molar-refractivity contribution in [3.8, 4) is 23.3 Å². The number of halogens is 1. The SMILES string of the molecule is N#Cc1nc(-c2ccc(OCc3ccccc3Cl)cc2)oc1NCc1ccco1. The summed E-state index contributed by atoms with van der Waals surface area (Å²) in [5, 5.41) is 13.0. The van der Waals surface area contributed by atoms with Gasteiger partial charge in [-0.15, -0.1) is 0 Å². The van der Waals surface area contributed by atoms with Crippen molar-refractivity contribution < 1.29 is 13.6 Å². The number of ether oxygens (including phenoxy) is 1. The molecule has 4 rings (SSSR count). The van der Waals surface area contributed by atoms with Crippen LogP contribution in [0.15, 0.2) is 75.8 Å². The van der Waals surface area contributed by atoms with Gasteiger partial charge in [0.05, 0.1) is 12.8 Å². The fraction of sp³-hybridized carbons (Fsp3) is 0.0909. The molecule has 0 spiro atoms. The molecule has 0 aliphatic carbocycles. The van der Waals surface area contributed by atoms with E-state index >= 15 is 0 Å². The Hall–Kier alpha value is -3.69. The number of anilines is 1. The second-order valence-corrected chi connectivity index (χ2v) is 6.55. The monoisotopic (exact) mass is 405 g/mol. The van der Waals surface area contributed by atoms with Gasteiger partial charge in [0.2, 0.25) is 17.5 Å². The molecule has 0 fully saturated rings. The first-order valence-electron chi connectivity index (χ1n) is 8.87. The maximum Gasteiger partial charge on any atom is 0.232 e. The second-order valence-electron chi connectivity index (χ2n) is 6.15. The van der Waals surface area contributed by atoms with Crippen LogP contribution in [0.1, 0.15) is 17.0 Å². The van der Waals surface area contributed by atoms with E-state index in [2.05, 4.69) is 10.3 Å². The number of benzene rings is 2. The Bertz CT molecular complexity index is 1130. The first-order chi connectivity index (χ1) is 14.2. The van der Waals surface area contributed by atoms with Crippen LogP contribution in [-0.4, -0.2) is 4.98 Å². The zero-order chi connectivity index (χ0) is 20.1. The Morgan fingerprint density at radius 3 is 2.62 bits per heavy atom. The predicted octanol–water partition coefficient (Wildman–Crippen LogP) is 5.65. The van der Waals surface area contributed by atoms with Crippen LogP contribution in [0.3, 0.4) is 0 Å². The molecule has 2 aromatic carbocycles. The van der Waals surface area contributed by atoms with E-state index < -0.39 is 0 Å². The smallest absolute Gasteiger partial charge is 0.232 e. The first-order valence-corrected chi connectivity index (χ1v) is 9.24. The van der Waals surface area contributed by atoms with Crippen LogP contribution in [0.2, 0.25) is 5.02 Å². The number of furan rings is 1. The Morgan fingerprint density at radius 1 is 1.07 bits per heavy atom. The van der Waals surface area contributed by atoms with E-state index in [0.717, 1.165) is 16.9 Å². The van der Waals surface area contributed by atoms with Gasteiger partial charge < -0.3 is 18.9 Å². The van der Waals surface area contributed by atoms with Crippen molar-refractivity contribution in [2.45, 2.75) is 13.2 Å². The van der Waals surface area contributed by atoms with Crippen LogP contribution in [0.5, 0.6) is 5.75 Å². The molecule has 0 atom stereocenters. The van der Waals surface area contributed by atoms with Gasteiger partial charge >= 0.3 is 0 Å². The highest BCUT2D eigenvalue weighted by Gasteiger charge is 2.15. The van der Waals surface area contributed by atoms with Crippen molar-refractivity contribution in [3.63, 3.8) is 0 Å². The van der Waals surface area contributed by atoms with Gasteiger partial charge in [0.15, 0.2) is 0 Å². The molecule has 0 amide bonds. The molecule has 29 heavy (non-hydrogen) atoms. The number of oxazole rings is 1. The quantitative estimate of drug-likeness (QED) is 0.427. The topological polar surface area (TPSA) is 84.2 Å². The van der Waals surface area contributed by atoms with Gasteiger partial charge in [-0.25, -0.2) is 0 Å². The highest BCUT2D eigenvalue weighted by molar-refractivity contribution is 6.31. The zero-order valence-electron chi connectivity index (χ0n) is 15.3. The molecular weight excluding hydrogens is 390 g/mol. The average molecular weight is 406 g/mol. The van der Waals surface area contributed by atoms with E-state index in [4.69, 9.17) is 25.2 Å². The number of nitriles is 1. The van der Waals surface area contributed by atoms with Gasteiger partial charge in [0, 0.05) is 16.1 Å². The third kappa shape index (κ3) is 4.42. The molecule has 0 radical (unpaired) electrons. The van der Waals surface area contributed by atoms with Crippen LogP contribution in [0.4, 0.5) is 5.88 Å². The third-order valence-corrected chi connectivity index (χ3v) is 4.56. The maximum absolute atomic E-state index is 9.31. The molecule has 1 N–H and O–H groups in total. The molecule has 144 valence electrons. The van der Waals surface area contributed by atoms with Crippen molar-refractivity contribution in [2.24, 2.45) is 0 Å². The van der Waals surface area contributed by atoms with Gasteiger partial charge in [0.1, 0.15) is 24.2 Å².